The third-order valence-corrected chi connectivity index (χ3v) is 1.29. The summed E-state index contributed by atoms with van der Waals surface area (Å²) in [6.45, 7) is 1.90. The molecular formula is C8H9O-. The van der Waals surface area contributed by atoms with Crippen LogP contribution in [0.15, 0.2) is 24.3 Å². The Labute approximate surface area is 55.0 Å². The second-order valence-electron chi connectivity index (χ2n) is 2.13. The van der Waals surface area contributed by atoms with Gasteiger partial charge in [-0.3, -0.25) is 0 Å². The summed E-state index contributed by atoms with van der Waals surface area (Å²) < 4.78 is 0. The Kier molecular flexibility index (Phi) is 1.85. The minimum atomic E-state index is -0.111. The summed E-state index contributed by atoms with van der Waals surface area (Å²) in [4.78, 5) is 0. The Morgan fingerprint density at radius 1 is 1.22 bits per heavy atom. The van der Waals surface area contributed by atoms with Gasteiger partial charge in [-0.1, -0.05) is 35.4 Å². The Bertz CT molecular complexity index is 176. The summed E-state index contributed by atoms with van der Waals surface area (Å²) >= 11 is 0. The van der Waals surface area contributed by atoms with Crippen LogP contribution in [0.1, 0.15) is 11.1 Å². The van der Waals surface area contributed by atoms with Crippen LogP contribution in [0.3, 0.4) is 0 Å². The van der Waals surface area contributed by atoms with E-state index in [1.807, 2.05) is 31.2 Å². The van der Waals surface area contributed by atoms with Gasteiger partial charge in [-0.25, -0.2) is 0 Å². The molecule has 0 spiro atoms. The maximum absolute atomic E-state index is 10.2. The van der Waals surface area contributed by atoms with Gasteiger partial charge in [0, 0.05) is 0 Å². The van der Waals surface area contributed by atoms with Crippen molar-refractivity contribution < 1.29 is 5.11 Å². The van der Waals surface area contributed by atoms with E-state index in [1.54, 1.807) is 0 Å². The number of hydrogen-bond acceptors (Lipinski definition) is 1. The number of rotatable bonds is 1. The maximum atomic E-state index is 10.2. The molecule has 0 aromatic heterocycles. The molecule has 0 fully saturated rings. The number of benzene rings is 1. The highest BCUT2D eigenvalue weighted by Crippen LogP contribution is 2.00. The average Bonchev–Trinajstić information content (AvgIpc) is 1.90. The van der Waals surface area contributed by atoms with Crippen LogP contribution in [0.25, 0.3) is 0 Å². The van der Waals surface area contributed by atoms with Crippen LogP contribution < -0.4 is 5.11 Å². The largest absolute Gasteiger partial charge is 0.851 e. The molecule has 0 bridgehead atoms. The fraction of sp³-hybridized carbons (Fsp3) is 0.250. The zero-order valence-corrected chi connectivity index (χ0v) is 5.42. The first-order chi connectivity index (χ1) is 4.33. The van der Waals surface area contributed by atoms with Crippen molar-refractivity contribution >= 4 is 0 Å². The highest BCUT2D eigenvalue weighted by atomic mass is 16.3. The Morgan fingerprint density at radius 3 is 2.22 bits per heavy atom. The van der Waals surface area contributed by atoms with E-state index in [-0.39, 0.29) is 6.61 Å². The Morgan fingerprint density at radius 2 is 1.78 bits per heavy atom. The molecule has 0 aliphatic rings. The van der Waals surface area contributed by atoms with Crippen LogP contribution >= 0.6 is 0 Å². The van der Waals surface area contributed by atoms with E-state index in [9.17, 15) is 5.11 Å². The molecular weight excluding hydrogens is 112 g/mol. The molecule has 1 aromatic carbocycles. The van der Waals surface area contributed by atoms with Gasteiger partial charge in [0.15, 0.2) is 0 Å². The monoisotopic (exact) mass is 121 g/mol. The van der Waals surface area contributed by atoms with Crippen molar-refractivity contribution in [1.82, 2.24) is 0 Å². The first-order valence-electron chi connectivity index (χ1n) is 2.96. The van der Waals surface area contributed by atoms with Crippen molar-refractivity contribution in [3.8, 4) is 0 Å². The maximum Gasteiger partial charge on any atom is -0.0398 e. The molecule has 1 nitrogen and oxygen atoms in total. The number of aryl methyl sites for hydroxylation is 1. The van der Waals surface area contributed by atoms with Crippen LogP contribution in [0.4, 0.5) is 0 Å². The summed E-state index contributed by atoms with van der Waals surface area (Å²) in [5.41, 5.74) is 2.06. The van der Waals surface area contributed by atoms with E-state index in [0.29, 0.717) is 0 Å². The van der Waals surface area contributed by atoms with Gasteiger partial charge in [-0.2, -0.15) is 0 Å². The van der Waals surface area contributed by atoms with Gasteiger partial charge in [0.25, 0.3) is 0 Å². The molecule has 9 heavy (non-hydrogen) atoms. The topological polar surface area (TPSA) is 23.1 Å². The molecule has 1 heteroatoms. The predicted molar refractivity (Wildman–Crippen MR) is 34.9 cm³/mol. The van der Waals surface area contributed by atoms with Crippen LogP contribution in [0, 0.1) is 6.92 Å². The molecule has 0 aliphatic carbocycles. The minimum absolute atomic E-state index is 0.111. The average molecular weight is 121 g/mol. The quantitative estimate of drug-likeness (QED) is 0.540. The Balaban J connectivity index is 2.88. The zero-order valence-electron chi connectivity index (χ0n) is 5.42. The van der Waals surface area contributed by atoms with Crippen molar-refractivity contribution in [3.05, 3.63) is 35.4 Å². The van der Waals surface area contributed by atoms with Gasteiger partial charge in [0.2, 0.25) is 0 Å². The molecule has 0 aliphatic heterocycles. The fourth-order valence-electron chi connectivity index (χ4n) is 0.684. The van der Waals surface area contributed by atoms with Gasteiger partial charge in [-0.05, 0) is 6.92 Å². The smallest absolute Gasteiger partial charge is 0.0398 e. The van der Waals surface area contributed by atoms with E-state index in [1.165, 1.54) is 5.56 Å². The Hall–Kier alpha value is -0.820. The van der Waals surface area contributed by atoms with Crippen LogP contribution in [0.5, 0.6) is 0 Å². The van der Waals surface area contributed by atoms with E-state index in [4.69, 9.17) is 0 Å². The summed E-state index contributed by atoms with van der Waals surface area (Å²) in [6.07, 6.45) is 0. The molecule has 1 aromatic rings. The van der Waals surface area contributed by atoms with Crippen molar-refractivity contribution in [3.63, 3.8) is 0 Å². The first-order valence-corrected chi connectivity index (χ1v) is 2.96. The highest BCUT2D eigenvalue weighted by Gasteiger charge is 1.81. The van der Waals surface area contributed by atoms with Crippen molar-refractivity contribution in [1.29, 1.82) is 0 Å². The van der Waals surface area contributed by atoms with Crippen LogP contribution in [-0.4, -0.2) is 0 Å². The predicted octanol–water partition coefficient (Wildman–Crippen LogP) is 0.855. The van der Waals surface area contributed by atoms with E-state index < -0.39 is 0 Å². The van der Waals surface area contributed by atoms with Gasteiger partial charge in [0.05, 0.1) is 0 Å². The molecule has 0 amide bonds. The van der Waals surface area contributed by atoms with Crippen molar-refractivity contribution in [2.24, 2.45) is 0 Å². The molecule has 48 valence electrons. The lowest BCUT2D eigenvalue weighted by Gasteiger charge is -2.02. The number of hydrogen-bond donors (Lipinski definition) is 0. The van der Waals surface area contributed by atoms with Crippen LogP contribution in [0.2, 0.25) is 0 Å². The second kappa shape index (κ2) is 2.65. The van der Waals surface area contributed by atoms with Gasteiger partial charge < -0.3 is 5.11 Å². The lowest BCUT2D eigenvalue weighted by molar-refractivity contribution is -0.386. The molecule has 0 unspecified atom stereocenters. The van der Waals surface area contributed by atoms with E-state index in [2.05, 4.69) is 0 Å². The molecule has 0 heterocycles. The second-order valence-corrected chi connectivity index (χ2v) is 2.13. The molecule has 0 radical (unpaired) electrons. The van der Waals surface area contributed by atoms with Crippen molar-refractivity contribution in [2.45, 2.75) is 13.5 Å². The van der Waals surface area contributed by atoms with E-state index >= 15 is 0 Å². The lowest BCUT2D eigenvalue weighted by Crippen LogP contribution is -2.01. The fourth-order valence-corrected chi connectivity index (χ4v) is 0.684. The molecule has 0 N–H and O–H groups in total. The summed E-state index contributed by atoms with van der Waals surface area (Å²) in [6, 6.07) is 7.63. The van der Waals surface area contributed by atoms with Gasteiger partial charge in [-0.15, -0.1) is 6.61 Å². The minimum Gasteiger partial charge on any atom is -0.851 e. The third-order valence-electron chi connectivity index (χ3n) is 1.29. The standard InChI is InChI=1S/C8H9O/c1-7-2-4-8(6-9)5-3-7/h2-5H,6H2,1H3/q-1. The summed E-state index contributed by atoms with van der Waals surface area (Å²) in [5.74, 6) is 0. The molecule has 0 saturated carbocycles. The lowest BCUT2D eigenvalue weighted by atomic mass is 10.2. The highest BCUT2D eigenvalue weighted by molar-refractivity contribution is 5.20. The van der Waals surface area contributed by atoms with Crippen LogP contribution in [-0.2, 0) is 6.61 Å². The summed E-state index contributed by atoms with van der Waals surface area (Å²) in [7, 11) is 0. The third kappa shape index (κ3) is 1.54. The summed E-state index contributed by atoms with van der Waals surface area (Å²) in [5, 5.41) is 10.2. The SMILES string of the molecule is Cc1ccc(C[O-])cc1. The molecule has 1 rings (SSSR count). The van der Waals surface area contributed by atoms with E-state index in [0.717, 1.165) is 5.56 Å². The zero-order chi connectivity index (χ0) is 6.69. The molecule has 0 saturated heterocycles. The van der Waals surface area contributed by atoms with Gasteiger partial charge >= 0.3 is 0 Å². The van der Waals surface area contributed by atoms with Crippen molar-refractivity contribution in [2.75, 3.05) is 0 Å². The van der Waals surface area contributed by atoms with Gasteiger partial charge in [0.1, 0.15) is 0 Å². The first kappa shape index (κ1) is 6.30. The molecule has 0 atom stereocenters. The normalized spacial score (nSPS) is 9.56.